The van der Waals surface area contributed by atoms with E-state index < -0.39 is 0 Å². The minimum atomic E-state index is -0.300. The molecule has 1 aromatic heterocycles. The van der Waals surface area contributed by atoms with Crippen LogP contribution in [-0.2, 0) is 13.0 Å². The van der Waals surface area contributed by atoms with Crippen molar-refractivity contribution in [2.24, 2.45) is 0 Å². The van der Waals surface area contributed by atoms with Gasteiger partial charge in [0.2, 0.25) is 0 Å². The molecule has 1 N–H and O–H groups in total. The third kappa shape index (κ3) is 3.35. The molecule has 0 amide bonds. The fraction of sp³-hybridized carbons (Fsp3) is 0.286. The average Bonchev–Trinajstić information content (AvgIpc) is 2.58. The summed E-state index contributed by atoms with van der Waals surface area (Å²) in [5.41, 5.74) is 5.91. The summed E-state index contributed by atoms with van der Waals surface area (Å²) in [5, 5.41) is 4.40. The Kier molecular flexibility index (Phi) is 4.70. The van der Waals surface area contributed by atoms with Crippen LogP contribution < -0.4 is 10.9 Å². The molecule has 124 valence electrons. The number of aryl methyl sites for hydroxylation is 3. The van der Waals surface area contributed by atoms with Crippen molar-refractivity contribution in [2.45, 2.75) is 40.2 Å². The number of rotatable bonds is 5. The Labute approximate surface area is 142 Å². The molecule has 3 heteroatoms. The van der Waals surface area contributed by atoms with Gasteiger partial charge in [0.1, 0.15) is 5.58 Å². The Bertz CT molecular complexity index is 908. The van der Waals surface area contributed by atoms with E-state index in [4.69, 9.17) is 4.42 Å². The van der Waals surface area contributed by atoms with Crippen LogP contribution in [0.25, 0.3) is 11.0 Å². The third-order valence-corrected chi connectivity index (χ3v) is 4.49. The predicted octanol–water partition coefficient (Wildman–Crippen LogP) is 4.97. The van der Waals surface area contributed by atoms with E-state index in [1.165, 1.54) is 5.56 Å². The summed E-state index contributed by atoms with van der Waals surface area (Å²) in [5.74, 6) is 0. The van der Waals surface area contributed by atoms with Crippen molar-refractivity contribution in [3.8, 4) is 0 Å². The molecule has 0 aliphatic carbocycles. The maximum Gasteiger partial charge on any atom is 0.336 e. The Morgan fingerprint density at radius 3 is 2.50 bits per heavy atom. The number of fused-ring (bicyclic) bond motifs is 1. The first-order valence-electron chi connectivity index (χ1n) is 8.44. The van der Waals surface area contributed by atoms with Gasteiger partial charge in [0.25, 0.3) is 0 Å². The molecular formula is C21H23NO2. The minimum Gasteiger partial charge on any atom is -0.422 e. The van der Waals surface area contributed by atoms with Crippen LogP contribution in [-0.4, -0.2) is 0 Å². The van der Waals surface area contributed by atoms with Gasteiger partial charge in [-0.2, -0.15) is 0 Å². The molecule has 0 saturated carbocycles. The highest BCUT2D eigenvalue weighted by Crippen LogP contribution is 2.24. The Morgan fingerprint density at radius 2 is 1.79 bits per heavy atom. The van der Waals surface area contributed by atoms with Gasteiger partial charge in [-0.1, -0.05) is 37.6 Å². The number of hydrogen-bond donors (Lipinski definition) is 1. The normalized spacial score (nSPS) is 11.0. The van der Waals surface area contributed by atoms with E-state index in [1.807, 2.05) is 19.9 Å². The maximum absolute atomic E-state index is 11.9. The number of nitrogens with one attached hydrogen (secondary N) is 1. The average molecular weight is 321 g/mol. The molecule has 2 aromatic carbocycles. The molecule has 0 aliphatic heterocycles. The highest BCUT2D eigenvalue weighted by Gasteiger charge is 2.09. The molecule has 3 aromatic rings. The SMILES string of the molecule is CCCc1ccc(NCc2cc(=O)oc3c(C)c(C)ccc23)cc1. The van der Waals surface area contributed by atoms with E-state index in [9.17, 15) is 4.79 Å². The molecule has 0 saturated heterocycles. The Hall–Kier alpha value is -2.55. The summed E-state index contributed by atoms with van der Waals surface area (Å²) >= 11 is 0. The summed E-state index contributed by atoms with van der Waals surface area (Å²) in [6.07, 6.45) is 2.25. The first-order valence-corrected chi connectivity index (χ1v) is 8.44. The second-order valence-corrected chi connectivity index (χ2v) is 6.28. The van der Waals surface area contributed by atoms with E-state index in [0.717, 1.165) is 40.6 Å². The number of anilines is 1. The monoisotopic (exact) mass is 321 g/mol. The van der Waals surface area contributed by atoms with Crippen molar-refractivity contribution in [3.05, 3.63) is 75.1 Å². The fourth-order valence-corrected chi connectivity index (χ4v) is 2.95. The number of benzene rings is 2. The topological polar surface area (TPSA) is 42.2 Å². The van der Waals surface area contributed by atoms with Crippen LogP contribution in [0.2, 0.25) is 0 Å². The summed E-state index contributed by atoms with van der Waals surface area (Å²) in [6, 6.07) is 14.2. The minimum absolute atomic E-state index is 0.300. The first-order chi connectivity index (χ1) is 11.6. The van der Waals surface area contributed by atoms with Crippen LogP contribution in [0.15, 0.2) is 51.7 Å². The predicted molar refractivity (Wildman–Crippen MR) is 99.7 cm³/mol. The van der Waals surface area contributed by atoms with Crippen LogP contribution in [0, 0.1) is 13.8 Å². The van der Waals surface area contributed by atoms with E-state index in [-0.39, 0.29) is 5.63 Å². The van der Waals surface area contributed by atoms with Crippen LogP contribution >= 0.6 is 0 Å². The van der Waals surface area contributed by atoms with Crippen LogP contribution in [0.4, 0.5) is 5.69 Å². The summed E-state index contributed by atoms with van der Waals surface area (Å²) in [6.45, 7) is 6.79. The lowest BCUT2D eigenvalue weighted by Crippen LogP contribution is -2.06. The van der Waals surface area contributed by atoms with Gasteiger partial charge in [0.05, 0.1) is 0 Å². The first kappa shape index (κ1) is 16.3. The van der Waals surface area contributed by atoms with Gasteiger partial charge in [-0.3, -0.25) is 0 Å². The smallest absolute Gasteiger partial charge is 0.336 e. The lowest BCUT2D eigenvalue weighted by atomic mass is 10.0. The van der Waals surface area contributed by atoms with Crippen molar-refractivity contribution < 1.29 is 4.42 Å². The molecular weight excluding hydrogens is 298 g/mol. The van der Waals surface area contributed by atoms with E-state index >= 15 is 0 Å². The molecule has 0 bridgehead atoms. The highest BCUT2D eigenvalue weighted by atomic mass is 16.4. The molecule has 0 spiro atoms. The van der Waals surface area contributed by atoms with Gasteiger partial charge in [-0.25, -0.2) is 4.79 Å². The standard InChI is InChI=1S/C21H23NO2/c1-4-5-16-7-9-18(10-8-16)22-13-17-12-20(23)24-21-15(3)14(2)6-11-19(17)21/h6-12,22H,4-5,13H2,1-3H3. The van der Waals surface area contributed by atoms with Crippen molar-refractivity contribution in [3.63, 3.8) is 0 Å². The lowest BCUT2D eigenvalue weighted by Gasteiger charge is -2.11. The van der Waals surface area contributed by atoms with Crippen LogP contribution in [0.5, 0.6) is 0 Å². The zero-order valence-corrected chi connectivity index (χ0v) is 14.5. The quantitative estimate of drug-likeness (QED) is 0.674. The molecule has 0 atom stereocenters. The zero-order chi connectivity index (χ0) is 17.1. The van der Waals surface area contributed by atoms with Gasteiger partial charge in [0.15, 0.2) is 0 Å². The second kappa shape index (κ2) is 6.91. The highest BCUT2D eigenvalue weighted by molar-refractivity contribution is 5.84. The molecule has 1 heterocycles. The van der Waals surface area contributed by atoms with Gasteiger partial charge < -0.3 is 9.73 Å². The van der Waals surface area contributed by atoms with E-state index in [1.54, 1.807) is 6.07 Å². The maximum atomic E-state index is 11.9. The van der Waals surface area contributed by atoms with Gasteiger partial charge >= 0.3 is 5.63 Å². The summed E-state index contributed by atoms with van der Waals surface area (Å²) < 4.78 is 5.43. The molecule has 24 heavy (non-hydrogen) atoms. The van der Waals surface area contributed by atoms with Crippen LogP contribution in [0.3, 0.4) is 0 Å². The third-order valence-electron chi connectivity index (χ3n) is 4.49. The molecule has 0 aliphatic rings. The van der Waals surface area contributed by atoms with Crippen molar-refractivity contribution in [2.75, 3.05) is 5.32 Å². The largest absolute Gasteiger partial charge is 0.422 e. The Balaban J connectivity index is 1.87. The summed E-state index contributed by atoms with van der Waals surface area (Å²) in [4.78, 5) is 11.9. The molecule has 0 unspecified atom stereocenters. The van der Waals surface area contributed by atoms with Gasteiger partial charge in [-0.05, 0) is 54.7 Å². The molecule has 0 radical (unpaired) electrons. The lowest BCUT2D eigenvalue weighted by molar-refractivity contribution is 0.556. The molecule has 0 fully saturated rings. The Morgan fingerprint density at radius 1 is 1.04 bits per heavy atom. The van der Waals surface area contributed by atoms with Gasteiger partial charge in [-0.15, -0.1) is 0 Å². The molecule has 3 nitrogen and oxygen atoms in total. The van der Waals surface area contributed by atoms with Gasteiger partial charge in [0, 0.05) is 23.7 Å². The van der Waals surface area contributed by atoms with Crippen molar-refractivity contribution >= 4 is 16.7 Å². The second-order valence-electron chi connectivity index (χ2n) is 6.28. The number of hydrogen-bond acceptors (Lipinski definition) is 3. The zero-order valence-electron chi connectivity index (χ0n) is 14.5. The van der Waals surface area contributed by atoms with E-state index in [0.29, 0.717) is 12.1 Å². The summed E-state index contributed by atoms with van der Waals surface area (Å²) in [7, 11) is 0. The van der Waals surface area contributed by atoms with Crippen LogP contribution in [0.1, 0.15) is 35.6 Å². The van der Waals surface area contributed by atoms with Crippen molar-refractivity contribution in [1.29, 1.82) is 0 Å². The fourth-order valence-electron chi connectivity index (χ4n) is 2.95. The van der Waals surface area contributed by atoms with Crippen molar-refractivity contribution in [1.82, 2.24) is 0 Å². The van der Waals surface area contributed by atoms with E-state index in [2.05, 4.69) is 42.6 Å². The molecule has 3 rings (SSSR count).